The third-order valence-electron chi connectivity index (χ3n) is 17.7. The van der Waals surface area contributed by atoms with E-state index in [-0.39, 0.29) is 114 Å². The molecule has 0 spiro atoms. The Labute approximate surface area is 643 Å². The summed E-state index contributed by atoms with van der Waals surface area (Å²) in [5.74, 6) is -6.42. The summed E-state index contributed by atoms with van der Waals surface area (Å²) in [4.78, 5) is 199. The van der Waals surface area contributed by atoms with E-state index >= 15 is 0 Å². The van der Waals surface area contributed by atoms with Gasteiger partial charge in [0.2, 0.25) is 29.5 Å². The summed E-state index contributed by atoms with van der Waals surface area (Å²) in [6.45, 7) is 14.9. The normalized spacial score (nSPS) is 15.7. The average Bonchev–Trinajstić information content (AvgIpc) is 1.70. The Morgan fingerprint density at radius 3 is 1.52 bits per heavy atom. The van der Waals surface area contributed by atoms with Crippen LogP contribution in [0, 0.1) is 0 Å². The van der Waals surface area contributed by atoms with Crippen LogP contribution in [0.15, 0.2) is 84.9 Å². The Hall–Kier alpha value is -11.7. The molecule has 2 aliphatic rings. The van der Waals surface area contributed by atoms with Crippen LogP contribution in [0.2, 0.25) is 0 Å². The molecular formula is C78H103N15O18. The number of carbonyl (C=O) groups excluding carboxylic acids is 13. The maximum atomic E-state index is 14.6. The summed E-state index contributed by atoms with van der Waals surface area (Å²) in [7, 11) is 5.67. The SMILES string of the molecule is COC(=O)C[C@@H]1Nc2ccc(C(=O)N(C)Cc3nc4ccccc4[nH]3)cc2NC(CCCNC(=O)[C@H](CCC(=O)OC(C)(C)C)NC(=O)[C@H](CCC(=O)N[C@@H](CCC(=O)OC(C)(C)C)C(=O)NCCCN2Cc3cc(C(=O)N(C)Cc4nc5ccccc5[nH]4)ccc3N[C@H](CC(=O)OC)C2=O)NC(=O)OC(C)(C)C)C1=O. The molecule has 0 fully saturated rings. The van der Waals surface area contributed by atoms with Crippen LogP contribution >= 0.6 is 0 Å². The van der Waals surface area contributed by atoms with Gasteiger partial charge in [-0.1, -0.05) is 24.3 Å². The van der Waals surface area contributed by atoms with E-state index in [1.807, 2.05) is 48.5 Å². The number of ether oxygens (including phenoxy) is 5. The number of ketones is 1. The molecule has 33 nitrogen and oxygen atoms in total. The molecule has 0 radical (unpaired) electrons. The number of nitrogens with one attached hydrogen (secondary N) is 10. The second-order valence-corrected chi connectivity index (χ2v) is 30.4. The molecule has 6 aromatic rings. The second kappa shape index (κ2) is 38.1. The number of esters is 4. The number of imidazole rings is 2. The maximum Gasteiger partial charge on any atom is 0.408 e. The van der Waals surface area contributed by atoms with Gasteiger partial charge in [-0.25, -0.2) is 14.8 Å². The van der Waals surface area contributed by atoms with Crippen LogP contribution in [-0.2, 0) is 91.3 Å². The van der Waals surface area contributed by atoms with Crippen molar-refractivity contribution in [3.63, 3.8) is 0 Å². The van der Waals surface area contributed by atoms with Crippen molar-refractivity contribution in [2.24, 2.45) is 0 Å². The molecule has 4 heterocycles. The van der Waals surface area contributed by atoms with Gasteiger partial charge in [-0.15, -0.1) is 0 Å². The number of aromatic nitrogens is 4. The fraction of sp³-hybridized carbons (Fsp3) is 0.500. The zero-order chi connectivity index (χ0) is 81.1. The molecule has 8 amide bonds. The number of amides is 8. The van der Waals surface area contributed by atoms with Crippen LogP contribution in [-0.4, -0.2) is 213 Å². The highest BCUT2D eigenvalue weighted by molar-refractivity contribution is 6.02. The Kier molecular flexibility index (Phi) is 29.2. The van der Waals surface area contributed by atoms with E-state index < -0.39 is 131 Å². The molecule has 6 atom stereocenters. The smallest absolute Gasteiger partial charge is 0.408 e. The van der Waals surface area contributed by atoms with Gasteiger partial charge >= 0.3 is 30.0 Å². The molecule has 10 N–H and O–H groups in total. The Bertz CT molecular complexity index is 4330. The number of methoxy groups -OCH3 is 2. The predicted octanol–water partition coefficient (Wildman–Crippen LogP) is 6.37. The molecule has 8 rings (SSSR count). The number of hydrogen-bond acceptors (Lipinski definition) is 23. The number of Topliss-reactive ketones (excluding diaryl/α,β-unsaturated/α-hetero) is 1. The van der Waals surface area contributed by atoms with E-state index in [1.165, 1.54) is 28.9 Å². The number of alkyl carbamates (subject to hydrolysis) is 1. The van der Waals surface area contributed by atoms with Crippen molar-refractivity contribution in [1.29, 1.82) is 0 Å². The third-order valence-corrected chi connectivity index (χ3v) is 17.7. The molecule has 598 valence electrons. The Morgan fingerprint density at radius 2 is 0.991 bits per heavy atom. The molecule has 33 heteroatoms. The lowest BCUT2D eigenvalue weighted by atomic mass is 9.99. The van der Waals surface area contributed by atoms with Gasteiger partial charge in [0.05, 0.1) is 85.7 Å². The predicted molar refractivity (Wildman–Crippen MR) is 409 cm³/mol. The van der Waals surface area contributed by atoms with E-state index in [9.17, 15) is 62.3 Å². The van der Waals surface area contributed by atoms with Gasteiger partial charge in [0.1, 0.15) is 52.6 Å². The van der Waals surface area contributed by atoms with E-state index in [1.54, 1.807) is 113 Å². The standard InChI is InChI=1S/C78H103N15O18/c1-76(2,3)109-64(95)33-30-55(69(100)80-36-19-37-93-42-47-38-45(25-27-48(47)81-60(74(93)105)41-67(98)108-13)72(103)91(10)43-61-84-49-20-14-15-21-50(49)85-61)88-63(94)32-29-57(90-75(106)111-78(7,8)9)71(102)89-56(31-34-65(96)110-77(4,5)6)70(101)79-35-18-24-54-68(99)59(40-66(97)107-12)82-53-28-26-46(39-58(53)83-54)73(104)92(11)44-62-86-51-22-16-17-23-52(51)87-62/h14-17,20-23,25-28,38-39,54-57,59-60,81-83H,18-19,24,29-37,40-44H2,1-13H3,(H,79,101)(H,80,100)(H,84,85)(H,86,87)(H,88,94)(H,89,102)(H,90,106)/t54?,55-,56-,57-,59-,60+/m0/s1. The van der Waals surface area contributed by atoms with E-state index in [4.69, 9.17) is 23.7 Å². The number of hydrogen-bond donors (Lipinski definition) is 10. The number of fused-ring (bicyclic) bond motifs is 4. The molecule has 2 aromatic heterocycles. The van der Waals surface area contributed by atoms with Crippen molar-refractivity contribution < 1.29 is 86.0 Å². The lowest BCUT2D eigenvalue weighted by Crippen LogP contribution is -2.55. The van der Waals surface area contributed by atoms with Gasteiger partial charge in [-0.05, 0) is 167 Å². The fourth-order valence-corrected chi connectivity index (χ4v) is 12.4. The van der Waals surface area contributed by atoms with Crippen LogP contribution in [0.25, 0.3) is 22.1 Å². The highest BCUT2D eigenvalue weighted by atomic mass is 16.6. The Balaban J connectivity index is 0.929. The largest absolute Gasteiger partial charge is 0.469 e. The second-order valence-electron chi connectivity index (χ2n) is 30.4. The molecule has 111 heavy (non-hydrogen) atoms. The number of rotatable bonds is 33. The first-order chi connectivity index (χ1) is 52.4. The minimum atomic E-state index is -1.61. The zero-order valence-corrected chi connectivity index (χ0v) is 65.2. The number of aromatic amines is 2. The van der Waals surface area contributed by atoms with Crippen molar-refractivity contribution >= 4 is 116 Å². The van der Waals surface area contributed by atoms with Crippen molar-refractivity contribution in [3.8, 4) is 0 Å². The van der Waals surface area contributed by atoms with Crippen molar-refractivity contribution in [2.45, 2.75) is 206 Å². The molecule has 0 bridgehead atoms. The first kappa shape index (κ1) is 84.9. The lowest BCUT2D eigenvalue weighted by molar-refractivity contribution is -0.156. The van der Waals surface area contributed by atoms with E-state index in [0.29, 0.717) is 39.8 Å². The summed E-state index contributed by atoms with van der Waals surface area (Å²) in [6, 6.07) is 17.1. The highest BCUT2D eigenvalue weighted by Crippen LogP contribution is 2.32. The van der Waals surface area contributed by atoms with Gasteiger partial charge in [-0.2, -0.15) is 0 Å². The molecule has 1 unspecified atom stereocenters. The van der Waals surface area contributed by atoms with Gasteiger partial charge in [0.25, 0.3) is 11.8 Å². The summed E-state index contributed by atoms with van der Waals surface area (Å²) in [6.07, 6.45) is -3.71. The number of para-hydroxylation sites is 4. The van der Waals surface area contributed by atoms with Crippen LogP contribution in [0.4, 0.5) is 21.9 Å². The number of benzene rings is 4. The molecule has 0 saturated carbocycles. The molecular weight excluding hydrogens is 1430 g/mol. The van der Waals surface area contributed by atoms with Gasteiger partial charge in [-0.3, -0.25) is 57.5 Å². The first-order valence-electron chi connectivity index (χ1n) is 36.9. The van der Waals surface area contributed by atoms with E-state index in [2.05, 4.69) is 62.5 Å². The Morgan fingerprint density at radius 1 is 0.523 bits per heavy atom. The minimum absolute atomic E-state index is 0.00111. The van der Waals surface area contributed by atoms with Gasteiger partial charge in [0, 0.05) is 76.4 Å². The van der Waals surface area contributed by atoms with Crippen molar-refractivity contribution in [1.82, 2.24) is 61.2 Å². The maximum absolute atomic E-state index is 14.6. The molecule has 0 saturated heterocycles. The number of anilines is 3. The first-order valence-corrected chi connectivity index (χ1v) is 36.9. The van der Waals surface area contributed by atoms with Crippen LogP contribution in [0.5, 0.6) is 0 Å². The van der Waals surface area contributed by atoms with Crippen molar-refractivity contribution in [3.05, 3.63) is 113 Å². The van der Waals surface area contributed by atoms with E-state index in [0.717, 1.165) is 22.1 Å². The fourth-order valence-electron chi connectivity index (χ4n) is 12.4. The highest BCUT2D eigenvalue weighted by Gasteiger charge is 2.37. The van der Waals surface area contributed by atoms with Crippen LogP contribution in [0.1, 0.15) is 171 Å². The van der Waals surface area contributed by atoms with Crippen LogP contribution in [0.3, 0.4) is 0 Å². The molecule has 2 aliphatic heterocycles. The molecule has 0 aliphatic carbocycles. The average molecular weight is 1540 g/mol. The zero-order valence-electron chi connectivity index (χ0n) is 65.2. The van der Waals surface area contributed by atoms with Gasteiger partial charge in [0.15, 0.2) is 5.78 Å². The summed E-state index contributed by atoms with van der Waals surface area (Å²) in [5.41, 5.74) is 2.70. The van der Waals surface area contributed by atoms with Crippen molar-refractivity contribution in [2.75, 3.05) is 63.9 Å². The number of carbonyl (C=O) groups is 13. The topological polar surface area (TPSA) is 431 Å². The summed E-state index contributed by atoms with van der Waals surface area (Å²) in [5, 5.41) is 22.8. The number of H-pyrrole nitrogens is 2. The third kappa shape index (κ3) is 25.7. The monoisotopic (exact) mass is 1540 g/mol. The summed E-state index contributed by atoms with van der Waals surface area (Å²) >= 11 is 0. The minimum Gasteiger partial charge on any atom is -0.469 e. The lowest BCUT2D eigenvalue weighted by Gasteiger charge is -2.26. The molecule has 4 aromatic carbocycles. The quantitative estimate of drug-likeness (QED) is 0.0122. The van der Waals surface area contributed by atoms with Crippen LogP contribution < -0.4 is 42.5 Å². The van der Waals surface area contributed by atoms with Gasteiger partial charge < -0.3 is 90.9 Å². The number of nitrogens with zero attached hydrogens (tertiary/aromatic N) is 5. The summed E-state index contributed by atoms with van der Waals surface area (Å²) < 4.78 is 26.4.